The SMILES string of the molecule is Cc1cccc(C)c1-c1cc2nc(n1)NC1(Cc3cc1n(C)n3)N[C@H](CC(C)(C)C)CO2. The van der Waals surface area contributed by atoms with E-state index < -0.39 is 5.66 Å². The van der Waals surface area contributed by atoms with Crippen molar-refractivity contribution >= 4 is 5.95 Å². The fourth-order valence-corrected chi connectivity index (χ4v) is 5.16. The average Bonchev–Trinajstić information content (AvgIpc) is 3.21. The zero-order valence-corrected chi connectivity index (χ0v) is 19.8. The summed E-state index contributed by atoms with van der Waals surface area (Å²) in [4.78, 5) is 9.66. The first-order valence-electron chi connectivity index (χ1n) is 11.3. The minimum Gasteiger partial charge on any atom is -0.476 e. The maximum Gasteiger partial charge on any atom is 0.228 e. The number of benzene rings is 1. The van der Waals surface area contributed by atoms with E-state index in [9.17, 15) is 0 Å². The standard InChI is InChI=1S/C25H32N6O/c1-15-8-7-9-16(2)22(15)19-11-21-27-23(26-19)29-25(13-17-10-20(25)31(6)30-17)28-18(14-32-21)12-24(3,4)5/h7-11,18,28H,12-14H2,1-6H3,(H,26,27,29)/t18-,25?/m1/s1. The Morgan fingerprint density at radius 2 is 1.91 bits per heavy atom. The molecule has 2 aromatic heterocycles. The van der Waals surface area contributed by atoms with Gasteiger partial charge in [-0.3, -0.25) is 10.00 Å². The molecule has 3 aromatic rings. The number of ether oxygens (including phenoxy) is 1. The summed E-state index contributed by atoms with van der Waals surface area (Å²) in [6, 6.07) is 10.6. The third kappa shape index (κ3) is 3.75. The summed E-state index contributed by atoms with van der Waals surface area (Å²) in [5.41, 5.74) is 6.17. The van der Waals surface area contributed by atoms with E-state index in [1.807, 2.05) is 17.8 Å². The Balaban J connectivity index is 1.61. The predicted molar refractivity (Wildman–Crippen MR) is 126 cm³/mol. The van der Waals surface area contributed by atoms with Gasteiger partial charge in [-0.15, -0.1) is 0 Å². The molecule has 2 aliphatic rings. The van der Waals surface area contributed by atoms with Gasteiger partial charge in [0.25, 0.3) is 0 Å². The van der Waals surface area contributed by atoms with Crippen LogP contribution >= 0.6 is 0 Å². The summed E-state index contributed by atoms with van der Waals surface area (Å²) < 4.78 is 8.21. The first kappa shape index (κ1) is 20.9. The van der Waals surface area contributed by atoms with Gasteiger partial charge in [-0.1, -0.05) is 39.0 Å². The van der Waals surface area contributed by atoms with Gasteiger partial charge in [0.15, 0.2) is 0 Å². The summed E-state index contributed by atoms with van der Waals surface area (Å²) in [7, 11) is 1.99. The van der Waals surface area contributed by atoms with Crippen molar-refractivity contribution in [1.29, 1.82) is 0 Å². The molecule has 32 heavy (non-hydrogen) atoms. The van der Waals surface area contributed by atoms with Crippen LogP contribution in [-0.2, 0) is 19.1 Å². The molecule has 7 heteroatoms. The van der Waals surface area contributed by atoms with E-state index in [-0.39, 0.29) is 11.5 Å². The lowest BCUT2D eigenvalue weighted by Crippen LogP contribution is -2.57. The summed E-state index contributed by atoms with van der Waals surface area (Å²) in [6.45, 7) is 11.6. The summed E-state index contributed by atoms with van der Waals surface area (Å²) in [5, 5.41) is 12.1. The molecule has 1 aromatic carbocycles. The molecular formula is C25H32N6O. The molecule has 0 saturated heterocycles. The molecule has 1 aliphatic carbocycles. The van der Waals surface area contributed by atoms with Crippen LogP contribution in [0.15, 0.2) is 30.3 Å². The molecule has 1 spiro atoms. The third-order valence-corrected chi connectivity index (χ3v) is 6.32. The lowest BCUT2D eigenvalue weighted by atomic mass is 9.87. The molecule has 4 bridgehead atoms. The van der Waals surface area contributed by atoms with Gasteiger partial charge in [-0.25, -0.2) is 4.98 Å². The third-order valence-electron chi connectivity index (χ3n) is 6.32. The molecule has 0 fully saturated rings. The molecule has 0 radical (unpaired) electrons. The second kappa shape index (κ2) is 7.30. The van der Waals surface area contributed by atoms with Crippen LogP contribution in [0.5, 0.6) is 5.88 Å². The molecule has 3 heterocycles. The molecule has 1 unspecified atom stereocenters. The second-order valence-corrected chi connectivity index (χ2v) is 10.5. The summed E-state index contributed by atoms with van der Waals surface area (Å²) >= 11 is 0. The van der Waals surface area contributed by atoms with Gasteiger partial charge in [0.1, 0.15) is 12.3 Å². The molecule has 0 amide bonds. The topological polar surface area (TPSA) is 76.9 Å². The van der Waals surface area contributed by atoms with Crippen molar-refractivity contribution in [2.75, 3.05) is 11.9 Å². The maximum absolute atomic E-state index is 6.26. The first-order chi connectivity index (χ1) is 15.1. The Morgan fingerprint density at radius 3 is 2.56 bits per heavy atom. The van der Waals surface area contributed by atoms with Gasteiger partial charge < -0.3 is 10.1 Å². The van der Waals surface area contributed by atoms with E-state index in [0.717, 1.165) is 35.5 Å². The molecule has 1 aliphatic heterocycles. The minimum absolute atomic E-state index is 0.136. The van der Waals surface area contributed by atoms with E-state index in [2.05, 4.69) is 74.6 Å². The van der Waals surface area contributed by atoms with Crippen molar-refractivity contribution in [2.24, 2.45) is 12.5 Å². The second-order valence-electron chi connectivity index (χ2n) is 10.5. The van der Waals surface area contributed by atoms with E-state index in [1.54, 1.807) is 0 Å². The van der Waals surface area contributed by atoms with Crippen molar-refractivity contribution in [3.63, 3.8) is 0 Å². The normalized spacial score (nSPS) is 22.1. The highest BCUT2D eigenvalue weighted by molar-refractivity contribution is 5.69. The summed E-state index contributed by atoms with van der Waals surface area (Å²) in [6.07, 6.45) is 1.72. The van der Waals surface area contributed by atoms with Crippen molar-refractivity contribution in [3.8, 4) is 17.1 Å². The maximum atomic E-state index is 6.26. The molecule has 2 N–H and O–H groups in total. The number of rotatable bonds is 2. The van der Waals surface area contributed by atoms with Gasteiger partial charge in [0, 0.05) is 31.1 Å². The van der Waals surface area contributed by atoms with E-state index in [0.29, 0.717) is 18.4 Å². The number of fused-ring (bicyclic) bond motifs is 5. The van der Waals surface area contributed by atoms with E-state index >= 15 is 0 Å². The molecule has 168 valence electrons. The first-order valence-corrected chi connectivity index (χ1v) is 11.3. The zero-order chi connectivity index (χ0) is 22.7. The molecular weight excluding hydrogens is 400 g/mol. The largest absolute Gasteiger partial charge is 0.476 e. The fourth-order valence-electron chi connectivity index (χ4n) is 5.16. The minimum atomic E-state index is -0.508. The van der Waals surface area contributed by atoms with Crippen LogP contribution in [0.4, 0.5) is 5.95 Å². The molecule has 0 saturated carbocycles. The van der Waals surface area contributed by atoms with Crippen LogP contribution in [0.2, 0.25) is 0 Å². The molecule has 5 rings (SSSR count). The Labute approximate surface area is 189 Å². The van der Waals surface area contributed by atoms with Crippen LogP contribution in [0, 0.1) is 19.3 Å². The van der Waals surface area contributed by atoms with E-state index in [4.69, 9.17) is 14.7 Å². The quantitative estimate of drug-likeness (QED) is 0.635. The number of anilines is 1. The van der Waals surface area contributed by atoms with Crippen molar-refractivity contribution < 1.29 is 4.74 Å². The molecule has 2 atom stereocenters. The number of hydrogen-bond donors (Lipinski definition) is 2. The Bertz CT molecular complexity index is 1160. The lowest BCUT2D eigenvalue weighted by Gasteiger charge is -2.38. The highest BCUT2D eigenvalue weighted by atomic mass is 16.5. The molecule has 7 nitrogen and oxygen atoms in total. The average molecular weight is 433 g/mol. The van der Waals surface area contributed by atoms with E-state index in [1.165, 1.54) is 11.1 Å². The van der Waals surface area contributed by atoms with Crippen molar-refractivity contribution in [2.45, 2.75) is 59.2 Å². The van der Waals surface area contributed by atoms with Crippen LogP contribution in [0.3, 0.4) is 0 Å². The fraction of sp³-hybridized carbons (Fsp3) is 0.480. The van der Waals surface area contributed by atoms with Gasteiger partial charge >= 0.3 is 0 Å². The number of nitrogens with zero attached hydrogens (tertiary/aromatic N) is 4. The lowest BCUT2D eigenvalue weighted by molar-refractivity contribution is 0.176. The van der Waals surface area contributed by atoms with Gasteiger partial charge in [-0.2, -0.15) is 10.1 Å². The Morgan fingerprint density at radius 1 is 1.16 bits per heavy atom. The van der Waals surface area contributed by atoms with Gasteiger partial charge in [0.05, 0.1) is 17.1 Å². The van der Waals surface area contributed by atoms with Crippen molar-refractivity contribution in [3.05, 3.63) is 52.8 Å². The van der Waals surface area contributed by atoms with Crippen LogP contribution in [-0.4, -0.2) is 32.4 Å². The number of nitrogens with one attached hydrogen (secondary N) is 2. The van der Waals surface area contributed by atoms with Crippen molar-refractivity contribution in [1.82, 2.24) is 25.1 Å². The van der Waals surface area contributed by atoms with Crippen LogP contribution in [0.1, 0.15) is 49.7 Å². The summed E-state index contributed by atoms with van der Waals surface area (Å²) in [5.74, 6) is 1.16. The zero-order valence-electron chi connectivity index (χ0n) is 19.8. The monoisotopic (exact) mass is 432 g/mol. The van der Waals surface area contributed by atoms with Crippen LogP contribution in [0.25, 0.3) is 11.3 Å². The number of aromatic nitrogens is 4. The number of aryl methyl sites for hydroxylation is 3. The predicted octanol–water partition coefficient (Wildman–Crippen LogP) is 4.10. The van der Waals surface area contributed by atoms with Gasteiger partial charge in [0.2, 0.25) is 11.8 Å². The van der Waals surface area contributed by atoms with Gasteiger partial charge in [-0.05, 0) is 42.9 Å². The van der Waals surface area contributed by atoms with Crippen LogP contribution < -0.4 is 15.4 Å². The highest BCUT2D eigenvalue weighted by Gasteiger charge is 2.45. The number of hydrogen-bond acceptors (Lipinski definition) is 6. The Kier molecular flexibility index (Phi) is 4.78. The smallest absolute Gasteiger partial charge is 0.228 e. The highest BCUT2D eigenvalue weighted by Crippen LogP contribution is 2.37. The Hall–Kier alpha value is -2.93.